The van der Waals surface area contributed by atoms with E-state index in [0.717, 1.165) is 25.3 Å². The minimum atomic E-state index is 0.694. The van der Waals surface area contributed by atoms with E-state index in [-0.39, 0.29) is 0 Å². The van der Waals surface area contributed by atoms with Gasteiger partial charge in [0.2, 0.25) is 0 Å². The zero-order valence-electron chi connectivity index (χ0n) is 10.1. The molecule has 0 radical (unpaired) electrons. The van der Waals surface area contributed by atoms with Crippen LogP contribution >= 0.6 is 11.3 Å². The van der Waals surface area contributed by atoms with Gasteiger partial charge in [-0.25, -0.2) is 4.98 Å². The molecule has 4 nitrogen and oxygen atoms in total. The fourth-order valence-electron chi connectivity index (χ4n) is 2.06. The molecule has 0 aromatic carbocycles. The van der Waals surface area contributed by atoms with E-state index >= 15 is 0 Å². The number of likely N-dealkylation sites (N-methyl/N-ethyl adjacent to an activating group) is 1. The molecule has 1 aliphatic heterocycles. The molecule has 0 unspecified atom stereocenters. The maximum atomic E-state index is 5.71. The van der Waals surface area contributed by atoms with Gasteiger partial charge in [-0.2, -0.15) is 0 Å². The van der Waals surface area contributed by atoms with Crippen LogP contribution in [0.5, 0.6) is 0 Å². The molecule has 0 spiro atoms. The summed E-state index contributed by atoms with van der Waals surface area (Å²) in [7, 11) is 0. The lowest BCUT2D eigenvalue weighted by atomic mass is 10.3. The molecule has 2 rings (SSSR count). The summed E-state index contributed by atoms with van der Waals surface area (Å²) < 4.78 is 0. The van der Waals surface area contributed by atoms with Crippen LogP contribution < -0.4 is 5.73 Å². The van der Waals surface area contributed by atoms with Crippen LogP contribution in [0.25, 0.3) is 0 Å². The lowest BCUT2D eigenvalue weighted by Gasteiger charge is -2.33. The smallest absolute Gasteiger partial charge is 0.180 e. The molecule has 16 heavy (non-hydrogen) atoms. The summed E-state index contributed by atoms with van der Waals surface area (Å²) >= 11 is 1.63. The first-order valence-electron chi connectivity index (χ1n) is 5.85. The standard InChI is InChI=1S/C11H20N4S/c1-3-14-4-6-15(7-5-14)8-10-9(2)13-11(12)16-10/h3-8H2,1-2H3,(H2,12,13). The second kappa shape index (κ2) is 5.12. The molecule has 0 aliphatic carbocycles. The fourth-order valence-corrected chi connectivity index (χ4v) is 2.94. The summed E-state index contributed by atoms with van der Waals surface area (Å²) in [4.78, 5) is 10.6. The van der Waals surface area contributed by atoms with E-state index in [9.17, 15) is 0 Å². The average molecular weight is 240 g/mol. The number of piperazine rings is 1. The highest BCUT2D eigenvalue weighted by Gasteiger charge is 2.17. The Labute approximate surface area is 101 Å². The molecule has 5 heteroatoms. The van der Waals surface area contributed by atoms with Crippen molar-refractivity contribution >= 4 is 16.5 Å². The number of rotatable bonds is 3. The number of aromatic nitrogens is 1. The van der Waals surface area contributed by atoms with Gasteiger partial charge in [-0.15, -0.1) is 11.3 Å². The highest BCUT2D eigenvalue weighted by molar-refractivity contribution is 7.15. The lowest BCUT2D eigenvalue weighted by molar-refractivity contribution is 0.132. The molecule has 2 heterocycles. The van der Waals surface area contributed by atoms with E-state index in [0.29, 0.717) is 5.13 Å². The first-order chi connectivity index (χ1) is 7.69. The van der Waals surface area contributed by atoms with Gasteiger partial charge in [-0.3, -0.25) is 4.90 Å². The van der Waals surface area contributed by atoms with Crippen molar-refractivity contribution in [2.75, 3.05) is 38.5 Å². The van der Waals surface area contributed by atoms with E-state index in [1.165, 1.54) is 24.5 Å². The Balaban J connectivity index is 1.89. The molecule has 0 amide bonds. The second-order valence-corrected chi connectivity index (χ2v) is 5.39. The number of anilines is 1. The highest BCUT2D eigenvalue weighted by Crippen LogP contribution is 2.21. The van der Waals surface area contributed by atoms with Crippen LogP contribution in [0.1, 0.15) is 17.5 Å². The molecule has 0 bridgehead atoms. The number of nitrogens with zero attached hydrogens (tertiary/aromatic N) is 3. The number of hydrogen-bond donors (Lipinski definition) is 1. The van der Waals surface area contributed by atoms with Gasteiger partial charge in [-0.05, 0) is 13.5 Å². The summed E-state index contributed by atoms with van der Waals surface area (Å²) in [5.74, 6) is 0. The predicted octanol–water partition coefficient (Wildman–Crippen LogP) is 1.17. The second-order valence-electron chi connectivity index (χ2n) is 4.27. The molecular weight excluding hydrogens is 220 g/mol. The molecular formula is C11H20N4S. The molecule has 1 aliphatic rings. The van der Waals surface area contributed by atoms with Crippen LogP contribution in [-0.4, -0.2) is 47.5 Å². The third kappa shape index (κ3) is 2.72. The quantitative estimate of drug-likeness (QED) is 0.861. The van der Waals surface area contributed by atoms with Gasteiger partial charge >= 0.3 is 0 Å². The Kier molecular flexibility index (Phi) is 3.78. The summed E-state index contributed by atoms with van der Waals surface area (Å²) in [5.41, 5.74) is 6.81. The van der Waals surface area contributed by atoms with Crippen molar-refractivity contribution in [2.45, 2.75) is 20.4 Å². The topological polar surface area (TPSA) is 45.4 Å². The maximum absolute atomic E-state index is 5.71. The molecule has 2 N–H and O–H groups in total. The van der Waals surface area contributed by atoms with Gasteiger partial charge in [0.15, 0.2) is 5.13 Å². The zero-order valence-corrected chi connectivity index (χ0v) is 10.9. The summed E-state index contributed by atoms with van der Waals surface area (Å²) in [5, 5.41) is 0.694. The number of nitrogen functional groups attached to an aromatic ring is 1. The molecule has 90 valence electrons. The van der Waals surface area contributed by atoms with Crippen molar-refractivity contribution in [2.24, 2.45) is 0 Å². The summed E-state index contributed by atoms with van der Waals surface area (Å²) in [6, 6.07) is 0. The number of hydrogen-bond acceptors (Lipinski definition) is 5. The Morgan fingerprint density at radius 3 is 2.38 bits per heavy atom. The minimum absolute atomic E-state index is 0.694. The maximum Gasteiger partial charge on any atom is 0.180 e. The van der Waals surface area contributed by atoms with Crippen molar-refractivity contribution in [3.63, 3.8) is 0 Å². The third-order valence-electron chi connectivity index (χ3n) is 3.19. The average Bonchev–Trinajstić information content (AvgIpc) is 2.59. The van der Waals surface area contributed by atoms with Gasteiger partial charge < -0.3 is 10.6 Å². The van der Waals surface area contributed by atoms with Gasteiger partial charge in [0.25, 0.3) is 0 Å². The van der Waals surface area contributed by atoms with Crippen molar-refractivity contribution in [1.82, 2.24) is 14.8 Å². The SMILES string of the molecule is CCN1CCN(Cc2sc(N)nc2C)CC1. The minimum Gasteiger partial charge on any atom is -0.375 e. The summed E-state index contributed by atoms with van der Waals surface area (Å²) in [6.07, 6.45) is 0. The van der Waals surface area contributed by atoms with Gasteiger partial charge in [0.1, 0.15) is 0 Å². The molecule has 1 aromatic heterocycles. The Morgan fingerprint density at radius 2 is 1.88 bits per heavy atom. The van der Waals surface area contributed by atoms with Crippen molar-refractivity contribution in [3.05, 3.63) is 10.6 Å². The van der Waals surface area contributed by atoms with Gasteiger partial charge in [-0.1, -0.05) is 6.92 Å². The van der Waals surface area contributed by atoms with E-state index < -0.39 is 0 Å². The van der Waals surface area contributed by atoms with Gasteiger partial charge in [0.05, 0.1) is 5.69 Å². The van der Waals surface area contributed by atoms with Gasteiger partial charge in [0, 0.05) is 37.6 Å². The van der Waals surface area contributed by atoms with Crippen LogP contribution in [0, 0.1) is 6.92 Å². The lowest BCUT2D eigenvalue weighted by Crippen LogP contribution is -2.45. The Bertz CT molecular complexity index is 342. The molecule has 1 fully saturated rings. The first-order valence-corrected chi connectivity index (χ1v) is 6.67. The van der Waals surface area contributed by atoms with E-state index in [4.69, 9.17) is 5.73 Å². The van der Waals surface area contributed by atoms with Crippen LogP contribution in [0.2, 0.25) is 0 Å². The normalized spacial score (nSPS) is 19.1. The van der Waals surface area contributed by atoms with Crippen molar-refractivity contribution in [3.8, 4) is 0 Å². The number of thiazole rings is 1. The third-order valence-corrected chi connectivity index (χ3v) is 4.16. The summed E-state index contributed by atoms with van der Waals surface area (Å²) in [6.45, 7) is 11.1. The Hall–Kier alpha value is -0.650. The largest absolute Gasteiger partial charge is 0.375 e. The van der Waals surface area contributed by atoms with Crippen LogP contribution in [0.15, 0.2) is 0 Å². The van der Waals surface area contributed by atoms with Crippen LogP contribution in [0.3, 0.4) is 0 Å². The number of aryl methyl sites for hydroxylation is 1. The number of nitrogens with two attached hydrogens (primary N) is 1. The highest BCUT2D eigenvalue weighted by atomic mass is 32.1. The fraction of sp³-hybridized carbons (Fsp3) is 0.727. The van der Waals surface area contributed by atoms with Crippen molar-refractivity contribution in [1.29, 1.82) is 0 Å². The predicted molar refractivity (Wildman–Crippen MR) is 68.7 cm³/mol. The first kappa shape index (κ1) is 11.8. The van der Waals surface area contributed by atoms with Crippen LogP contribution in [0.4, 0.5) is 5.13 Å². The molecule has 0 saturated carbocycles. The van der Waals surface area contributed by atoms with E-state index in [2.05, 4.69) is 21.7 Å². The van der Waals surface area contributed by atoms with E-state index in [1.54, 1.807) is 11.3 Å². The van der Waals surface area contributed by atoms with Crippen LogP contribution in [-0.2, 0) is 6.54 Å². The van der Waals surface area contributed by atoms with E-state index in [1.807, 2.05) is 6.92 Å². The zero-order chi connectivity index (χ0) is 11.5. The molecule has 1 aromatic rings. The molecule has 0 atom stereocenters. The molecule has 1 saturated heterocycles. The van der Waals surface area contributed by atoms with Crippen molar-refractivity contribution < 1.29 is 0 Å². The Morgan fingerprint density at radius 1 is 1.25 bits per heavy atom. The monoisotopic (exact) mass is 240 g/mol.